The molecule has 1 N–H and O–H groups in total. The molecule has 0 unspecified atom stereocenters. The number of carbonyl (C=O) groups excluding carboxylic acids is 2. The van der Waals surface area contributed by atoms with Gasteiger partial charge in [0, 0.05) is 18.1 Å². The normalized spacial score (nSPS) is 12.0. The number of hydrogen-bond acceptors (Lipinski definition) is 4. The fourth-order valence-corrected chi connectivity index (χ4v) is 5.74. The van der Waals surface area contributed by atoms with Gasteiger partial charge < -0.3 is 10.2 Å². The predicted octanol–water partition coefficient (Wildman–Crippen LogP) is 5.49. The van der Waals surface area contributed by atoms with Crippen molar-refractivity contribution in [2.45, 2.75) is 58.0 Å². The summed E-state index contributed by atoms with van der Waals surface area (Å²) in [7, 11) is -4.10. The van der Waals surface area contributed by atoms with Gasteiger partial charge in [0.05, 0.1) is 10.6 Å². The molecule has 7 nitrogen and oxygen atoms in total. The number of benzene rings is 3. The molecule has 3 aromatic carbocycles. The zero-order valence-electron chi connectivity index (χ0n) is 22.9. The number of amides is 2. The van der Waals surface area contributed by atoms with Gasteiger partial charge in [0.1, 0.15) is 12.6 Å². The first-order valence-electron chi connectivity index (χ1n) is 13.0. The second-order valence-electron chi connectivity index (χ2n) is 9.58. The van der Waals surface area contributed by atoms with Crippen molar-refractivity contribution in [2.75, 3.05) is 17.4 Å². The van der Waals surface area contributed by atoms with Gasteiger partial charge >= 0.3 is 0 Å². The van der Waals surface area contributed by atoms with E-state index in [1.807, 2.05) is 32.9 Å². The van der Waals surface area contributed by atoms with Crippen molar-refractivity contribution in [2.24, 2.45) is 0 Å². The summed E-state index contributed by atoms with van der Waals surface area (Å²) in [4.78, 5) is 28.5. The highest BCUT2D eigenvalue weighted by Gasteiger charge is 2.33. The molecule has 0 aromatic heterocycles. The van der Waals surface area contributed by atoms with Gasteiger partial charge in [0.25, 0.3) is 10.0 Å². The summed E-state index contributed by atoms with van der Waals surface area (Å²) < 4.78 is 28.9. The summed E-state index contributed by atoms with van der Waals surface area (Å²) in [6, 6.07) is 19.7. The summed E-state index contributed by atoms with van der Waals surface area (Å²) in [5, 5.41) is 3.44. The number of unbranched alkanes of at least 4 members (excludes halogenated alkanes) is 1. The van der Waals surface area contributed by atoms with E-state index in [0.717, 1.165) is 28.3 Å². The van der Waals surface area contributed by atoms with Crippen LogP contribution >= 0.6 is 11.6 Å². The molecule has 0 radical (unpaired) electrons. The molecule has 0 fully saturated rings. The molecule has 0 spiro atoms. The smallest absolute Gasteiger partial charge is 0.264 e. The van der Waals surface area contributed by atoms with Crippen LogP contribution in [0.2, 0.25) is 5.02 Å². The zero-order valence-corrected chi connectivity index (χ0v) is 24.4. The first-order chi connectivity index (χ1) is 18.5. The lowest BCUT2D eigenvalue weighted by Crippen LogP contribution is -2.51. The molecule has 9 heteroatoms. The molecule has 208 valence electrons. The van der Waals surface area contributed by atoms with E-state index in [-0.39, 0.29) is 17.3 Å². The standard InChI is InChI=1S/C30H36ClN3O4S/c1-5-6-18-32-30(36)24(4)33(20-25-14-16-26(31)17-15-25)29(35)21-34(28-19-22(2)12-13-23(28)3)39(37,38)27-10-8-7-9-11-27/h7-17,19,24H,5-6,18,20-21H2,1-4H3,(H,32,36)/t24-/m0/s1. The maximum absolute atomic E-state index is 14.0. The lowest BCUT2D eigenvalue weighted by molar-refractivity contribution is -0.139. The lowest BCUT2D eigenvalue weighted by Gasteiger charge is -2.32. The van der Waals surface area contributed by atoms with Crippen molar-refractivity contribution < 1.29 is 18.0 Å². The molecule has 0 saturated carbocycles. The summed E-state index contributed by atoms with van der Waals surface area (Å²) in [6.45, 7) is 7.51. The van der Waals surface area contributed by atoms with Crippen molar-refractivity contribution >= 4 is 39.1 Å². The largest absolute Gasteiger partial charge is 0.354 e. The minimum Gasteiger partial charge on any atom is -0.354 e. The van der Waals surface area contributed by atoms with Gasteiger partial charge in [-0.3, -0.25) is 13.9 Å². The fourth-order valence-electron chi connectivity index (χ4n) is 4.13. The summed E-state index contributed by atoms with van der Waals surface area (Å²) in [5.41, 5.74) is 2.75. The summed E-state index contributed by atoms with van der Waals surface area (Å²) in [6.07, 6.45) is 1.74. The number of anilines is 1. The number of aryl methyl sites for hydroxylation is 2. The Bertz CT molecular complexity index is 1380. The third-order valence-electron chi connectivity index (χ3n) is 6.51. The van der Waals surface area contributed by atoms with Gasteiger partial charge in [-0.2, -0.15) is 0 Å². The fraction of sp³-hybridized carbons (Fsp3) is 0.333. The lowest BCUT2D eigenvalue weighted by atomic mass is 10.1. The molecule has 3 aromatic rings. The second-order valence-corrected chi connectivity index (χ2v) is 11.9. The Morgan fingerprint density at radius 3 is 2.28 bits per heavy atom. The number of sulfonamides is 1. The molecule has 2 amide bonds. The van der Waals surface area contributed by atoms with E-state index in [1.54, 1.807) is 55.5 Å². The SMILES string of the molecule is CCCCNC(=O)[C@H](C)N(Cc1ccc(Cl)cc1)C(=O)CN(c1cc(C)ccc1C)S(=O)(=O)c1ccccc1. The maximum atomic E-state index is 14.0. The van der Waals surface area contributed by atoms with Crippen LogP contribution in [0, 0.1) is 13.8 Å². The van der Waals surface area contributed by atoms with E-state index in [0.29, 0.717) is 22.8 Å². The van der Waals surface area contributed by atoms with E-state index in [4.69, 9.17) is 11.6 Å². The second kappa shape index (κ2) is 13.6. The highest BCUT2D eigenvalue weighted by atomic mass is 35.5. The molecule has 0 heterocycles. The van der Waals surface area contributed by atoms with Crippen molar-refractivity contribution in [3.63, 3.8) is 0 Å². The van der Waals surface area contributed by atoms with E-state index in [9.17, 15) is 18.0 Å². The Balaban J connectivity index is 2.02. The highest BCUT2D eigenvalue weighted by Crippen LogP contribution is 2.28. The van der Waals surface area contributed by atoms with Crippen molar-refractivity contribution in [3.05, 3.63) is 94.5 Å². The molecule has 0 aliphatic carbocycles. The number of carbonyl (C=O) groups is 2. The Morgan fingerprint density at radius 2 is 1.64 bits per heavy atom. The number of nitrogens with one attached hydrogen (secondary N) is 1. The third-order valence-corrected chi connectivity index (χ3v) is 8.53. The minimum absolute atomic E-state index is 0.0771. The highest BCUT2D eigenvalue weighted by molar-refractivity contribution is 7.92. The quantitative estimate of drug-likeness (QED) is 0.292. The molecule has 3 rings (SSSR count). The monoisotopic (exact) mass is 569 g/mol. The molecule has 0 saturated heterocycles. The minimum atomic E-state index is -4.10. The van der Waals surface area contributed by atoms with Crippen LogP contribution in [0.4, 0.5) is 5.69 Å². The van der Waals surface area contributed by atoms with Crippen LogP contribution in [-0.4, -0.2) is 44.3 Å². The van der Waals surface area contributed by atoms with Crippen molar-refractivity contribution in [3.8, 4) is 0 Å². The maximum Gasteiger partial charge on any atom is 0.264 e. The Hall–Kier alpha value is -3.36. The first kappa shape index (κ1) is 30.2. The average Bonchev–Trinajstić information content (AvgIpc) is 2.92. The van der Waals surface area contributed by atoms with Crippen molar-refractivity contribution in [1.82, 2.24) is 10.2 Å². The predicted molar refractivity (Wildman–Crippen MR) is 156 cm³/mol. The van der Waals surface area contributed by atoms with Crippen LogP contribution in [0.15, 0.2) is 77.7 Å². The van der Waals surface area contributed by atoms with Gasteiger partial charge in [-0.25, -0.2) is 8.42 Å². The topological polar surface area (TPSA) is 86.8 Å². The van der Waals surface area contributed by atoms with Crippen LogP contribution in [0.25, 0.3) is 0 Å². The van der Waals surface area contributed by atoms with Crippen LogP contribution in [0.1, 0.15) is 43.4 Å². The third kappa shape index (κ3) is 7.83. The summed E-state index contributed by atoms with van der Waals surface area (Å²) >= 11 is 6.05. The Labute approximate surface area is 236 Å². The van der Waals surface area contributed by atoms with E-state index >= 15 is 0 Å². The number of hydrogen-bond donors (Lipinski definition) is 1. The average molecular weight is 570 g/mol. The molecular weight excluding hydrogens is 534 g/mol. The van der Waals surface area contributed by atoms with Gasteiger partial charge in [0.15, 0.2) is 0 Å². The molecule has 39 heavy (non-hydrogen) atoms. The Kier molecular flexibility index (Phi) is 10.5. The number of rotatable bonds is 12. The van der Waals surface area contributed by atoms with Crippen LogP contribution in [0.5, 0.6) is 0 Å². The van der Waals surface area contributed by atoms with Crippen LogP contribution in [-0.2, 0) is 26.2 Å². The Morgan fingerprint density at radius 1 is 0.974 bits per heavy atom. The van der Waals surface area contributed by atoms with Gasteiger partial charge in [-0.05, 0) is 74.2 Å². The number of halogens is 1. The van der Waals surface area contributed by atoms with Crippen LogP contribution < -0.4 is 9.62 Å². The van der Waals surface area contributed by atoms with E-state index in [2.05, 4.69) is 5.32 Å². The molecule has 0 bridgehead atoms. The first-order valence-corrected chi connectivity index (χ1v) is 14.8. The van der Waals surface area contributed by atoms with E-state index in [1.165, 1.54) is 17.0 Å². The molecular formula is C30H36ClN3O4S. The van der Waals surface area contributed by atoms with Gasteiger partial charge in [-0.15, -0.1) is 0 Å². The summed E-state index contributed by atoms with van der Waals surface area (Å²) in [5.74, 6) is -0.793. The van der Waals surface area contributed by atoms with E-state index < -0.39 is 28.5 Å². The van der Waals surface area contributed by atoms with Crippen molar-refractivity contribution in [1.29, 1.82) is 0 Å². The van der Waals surface area contributed by atoms with Crippen LogP contribution in [0.3, 0.4) is 0 Å². The van der Waals surface area contributed by atoms with Gasteiger partial charge in [-0.1, -0.05) is 67.4 Å². The van der Waals surface area contributed by atoms with Gasteiger partial charge in [0.2, 0.25) is 11.8 Å². The molecule has 1 atom stereocenters. The zero-order chi connectivity index (χ0) is 28.6. The molecule has 0 aliphatic heterocycles. The molecule has 0 aliphatic rings. The number of nitrogens with zero attached hydrogens (tertiary/aromatic N) is 2.